The zero-order chi connectivity index (χ0) is 24.8. The summed E-state index contributed by atoms with van der Waals surface area (Å²) in [6.45, 7) is -3.53. The quantitative estimate of drug-likeness (QED) is 0.238. The van der Waals surface area contributed by atoms with E-state index in [4.69, 9.17) is 23.5 Å². The van der Waals surface area contributed by atoms with Crippen LogP contribution in [0.2, 0.25) is 0 Å². The lowest BCUT2D eigenvalue weighted by Crippen LogP contribution is -2.09. The van der Waals surface area contributed by atoms with E-state index < -0.39 is 29.8 Å². The van der Waals surface area contributed by atoms with Gasteiger partial charge in [-0.05, 0) is 18.2 Å². The van der Waals surface area contributed by atoms with E-state index in [0.717, 1.165) is 12.1 Å². The molecule has 0 aliphatic rings. The Labute approximate surface area is 190 Å². The maximum atomic E-state index is 12.5. The number of methoxy groups -OCH3 is 3. The molecule has 34 heavy (non-hydrogen) atoms. The summed E-state index contributed by atoms with van der Waals surface area (Å²) in [4.78, 5) is 27.1. The molecule has 0 saturated heterocycles. The van der Waals surface area contributed by atoms with Crippen molar-refractivity contribution in [3.63, 3.8) is 0 Å². The fourth-order valence-electron chi connectivity index (χ4n) is 2.82. The van der Waals surface area contributed by atoms with E-state index in [1.807, 2.05) is 0 Å². The molecule has 0 atom stereocenters. The molecule has 3 aromatic rings. The smallest absolute Gasteiger partial charge is 0.387 e. The molecule has 0 fully saturated rings. The molecule has 0 unspecified atom stereocenters. The number of hydrogen-bond acceptors (Lipinski definition) is 11. The number of carbonyl (C=O) groups excluding carboxylic acids is 1. The summed E-state index contributed by atoms with van der Waals surface area (Å²) >= 11 is 0. The number of nitrogens with zero attached hydrogens (tertiary/aromatic N) is 3. The molecule has 0 radical (unpaired) electrons. The van der Waals surface area contributed by atoms with E-state index in [1.54, 1.807) is 0 Å². The Kier molecular flexibility index (Phi) is 7.40. The highest BCUT2D eigenvalue weighted by molar-refractivity contribution is 5.95. The highest BCUT2D eigenvalue weighted by atomic mass is 19.3. The zero-order valence-corrected chi connectivity index (χ0v) is 17.9. The molecule has 1 aromatic heterocycles. The van der Waals surface area contributed by atoms with Gasteiger partial charge >= 0.3 is 12.6 Å². The molecule has 1 heterocycles. The van der Waals surface area contributed by atoms with Crippen LogP contribution in [0, 0.1) is 10.1 Å². The molecular weight excluding hydrogens is 464 g/mol. The largest absolute Gasteiger partial charge is 0.493 e. The first kappa shape index (κ1) is 24.2. The fraction of sp³-hybridized carbons (Fsp3) is 0.250. The van der Waals surface area contributed by atoms with Gasteiger partial charge in [0.1, 0.15) is 5.56 Å². The molecule has 0 bridgehead atoms. The van der Waals surface area contributed by atoms with Crippen LogP contribution in [0.15, 0.2) is 34.9 Å². The van der Waals surface area contributed by atoms with Crippen LogP contribution >= 0.6 is 0 Å². The number of nitro groups is 1. The standard InChI is InChI=1S/C20H17F2N3O9/c1-29-14-6-10(4-5-13(14)33-20(21)22)18-23-17(34-24-18)9-32-19(26)11-7-15(30-2)16(31-3)8-12(11)25(27)28/h4-8,20H,9H2,1-3H3. The van der Waals surface area contributed by atoms with Crippen molar-refractivity contribution in [2.75, 3.05) is 21.3 Å². The minimum atomic E-state index is -3.03. The number of halogens is 2. The molecule has 0 aliphatic carbocycles. The van der Waals surface area contributed by atoms with E-state index in [-0.39, 0.29) is 40.3 Å². The van der Waals surface area contributed by atoms with Crippen molar-refractivity contribution in [1.29, 1.82) is 0 Å². The number of benzene rings is 2. The second-order valence-corrected chi connectivity index (χ2v) is 6.31. The predicted octanol–water partition coefficient (Wildman–Crippen LogP) is 3.63. The van der Waals surface area contributed by atoms with Gasteiger partial charge in [0.25, 0.3) is 11.6 Å². The molecule has 0 saturated carbocycles. The Balaban J connectivity index is 1.77. The second-order valence-electron chi connectivity index (χ2n) is 6.31. The molecule has 3 rings (SSSR count). The normalized spacial score (nSPS) is 10.6. The van der Waals surface area contributed by atoms with Gasteiger partial charge in [0.15, 0.2) is 29.6 Å². The van der Waals surface area contributed by atoms with Crippen molar-refractivity contribution >= 4 is 11.7 Å². The molecule has 180 valence electrons. The van der Waals surface area contributed by atoms with Crippen molar-refractivity contribution in [3.05, 3.63) is 51.9 Å². The lowest BCUT2D eigenvalue weighted by atomic mass is 10.1. The maximum Gasteiger partial charge on any atom is 0.387 e. The SMILES string of the molecule is COc1cc(C(=O)OCc2nc(-c3ccc(OC(F)F)c(OC)c3)no2)c([N+](=O)[O-])cc1OC. The predicted molar refractivity (Wildman–Crippen MR) is 108 cm³/mol. The molecule has 0 spiro atoms. The van der Waals surface area contributed by atoms with Gasteiger partial charge in [-0.1, -0.05) is 5.16 Å². The van der Waals surface area contributed by atoms with Crippen LogP contribution in [0.4, 0.5) is 14.5 Å². The Morgan fingerprint density at radius 1 is 1.06 bits per heavy atom. The summed E-state index contributed by atoms with van der Waals surface area (Å²) in [5, 5.41) is 15.1. The van der Waals surface area contributed by atoms with Crippen LogP contribution < -0.4 is 18.9 Å². The highest BCUT2D eigenvalue weighted by Gasteiger charge is 2.26. The van der Waals surface area contributed by atoms with Gasteiger partial charge in [-0.15, -0.1) is 0 Å². The average molecular weight is 481 g/mol. The van der Waals surface area contributed by atoms with E-state index in [0.29, 0.717) is 5.56 Å². The second kappa shape index (κ2) is 10.4. The van der Waals surface area contributed by atoms with Crippen molar-refractivity contribution in [2.24, 2.45) is 0 Å². The van der Waals surface area contributed by atoms with E-state index in [1.165, 1.54) is 39.5 Å². The van der Waals surface area contributed by atoms with Gasteiger partial charge in [0.05, 0.1) is 32.3 Å². The van der Waals surface area contributed by atoms with E-state index >= 15 is 0 Å². The minimum absolute atomic E-state index is 0.0105. The van der Waals surface area contributed by atoms with Crippen LogP contribution in [0.25, 0.3) is 11.4 Å². The lowest BCUT2D eigenvalue weighted by molar-refractivity contribution is -0.385. The molecule has 12 nitrogen and oxygen atoms in total. The molecule has 14 heteroatoms. The Morgan fingerprint density at radius 3 is 2.32 bits per heavy atom. The van der Waals surface area contributed by atoms with E-state index in [2.05, 4.69) is 14.9 Å². The van der Waals surface area contributed by atoms with Gasteiger partial charge in [-0.3, -0.25) is 10.1 Å². The summed E-state index contributed by atoms with van der Waals surface area (Å²) in [6.07, 6.45) is 0. The number of esters is 1. The highest BCUT2D eigenvalue weighted by Crippen LogP contribution is 2.35. The van der Waals surface area contributed by atoms with Gasteiger partial charge in [0.2, 0.25) is 5.82 Å². The maximum absolute atomic E-state index is 12.5. The third kappa shape index (κ3) is 5.28. The van der Waals surface area contributed by atoms with Gasteiger partial charge in [-0.25, -0.2) is 4.79 Å². The fourth-order valence-corrected chi connectivity index (χ4v) is 2.82. The summed E-state index contributed by atoms with van der Waals surface area (Å²) < 4.78 is 54.5. The van der Waals surface area contributed by atoms with Gasteiger partial charge in [0, 0.05) is 11.6 Å². The number of rotatable bonds is 10. The number of nitro benzene ring substituents is 1. The molecular formula is C20H17F2N3O9. The number of ether oxygens (including phenoxy) is 5. The van der Waals surface area contributed by atoms with Crippen LogP contribution in [0.1, 0.15) is 16.2 Å². The summed E-state index contributed by atoms with van der Waals surface area (Å²) in [5.41, 5.74) is -0.580. The van der Waals surface area contributed by atoms with Gasteiger partial charge in [-0.2, -0.15) is 13.8 Å². The van der Waals surface area contributed by atoms with Crippen LogP contribution in [0.3, 0.4) is 0 Å². The Bertz CT molecular complexity index is 1200. The third-order valence-electron chi connectivity index (χ3n) is 4.35. The summed E-state index contributed by atoms with van der Waals surface area (Å²) in [5.74, 6) is -1.14. The molecule has 2 aromatic carbocycles. The topological polar surface area (TPSA) is 145 Å². The zero-order valence-electron chi connectivity index (χ0n) is 17.9. The number of alkyl halides is 2. The minimum Gasteiger partial charge on any atom is -0.493 e. The molecule has 0 N–H and O–H groups in total. The summed E-state index contributed by atoms with van der Waals surface area (Å²) in [6, 6.07) is 6.15. The van der Waals surface area contributed by atoms with Gasteiger partial charge < -0.3 is 28.2 Å². The first-order valence-electron chi connectivity index (χ1n) is 9.30. The Hall–Kier alpha value is -4.49. The monoisotopic (exact) mass is 481 g/mol. The van der Waals surface area contributed by atoms with Crippen molar-refractivity contribution in [2.45, 2.75) is 13.2 Å². The number of carbonyl (C=O) groups is 1. The third-order valence-corrected chi connectivity index (χ3v) is 4.35. The first-order chi connectivity index (χ1) is 16.3. The van der Waals surface area contributed by atoms with Crippen LogP contribution in [0.5, 0.6) is 23.0 Å². The molecule has 0 amide bonds. The lowest BCUT2D eigenvalue weighted by Gasteiger charge is -2.10. The van der Waals surface area contributed by atoms with E-state index in [9.17, 15) is 23.7 Å². The average Bonchev–Trinajstić information content (AvgIpc) is 3.30. The first-order valence-corrected chi connectivity index (χ1v) is 9.30. The number of aromatic nitrogens is 2. The number of hydrogen-bond donors (Lipinski definition) is 0. The van der Waals surface area contributed by atoms with Crippen molar-refractivity contribution < 1.29 is 46.7 Å². The van der Waals surface area contributed by atoms with Crippen molar-refractivity contribution in [1.82, 2.24) is 10.1 Å². The van der Waals surface area contributed by atoms with Crippen LogP contribution in [-0.4, -0.2) is 49.0 Å². The van der Waals surface area contributed by atoms with Crippen LogP contribution in [-0.2, 0) is 11.3 Å². The van der Waals surface area contributed by atoms with Crippen molar-refractivity contribution in [3.8, 4) is 34.4 Å². The summed E-state index contributed by atoms with van der Waals surface area (Å²) in [7, 11) is 3.87. The Morgan fingerprint density at radius 2 is 1.71 bits per heavy atom. The molecule has 0 aliphatic heterocycles.